The second kappa shape index (κ2) is 20.4. The molecule has 5 N–H and O–H groups in total. The van der Waals surface area contributed by atoms with Gasteiger partial charge in [-0.15, -0.1) is 0 Å². The van der Waals surface area contributed by atoms with E-state index in [9.17, 15) is 29.1 Å². The Morgan fingerprint density at radius 1 is 0.927 bits per heavy atom. The molecule has 2 aliphatic rings. The maximum Gasteiger partial charge on any atom is 0.404 e. The predicted octanol–water partition coefficient (Wildman–Crippen LogP) is 3.65. The first kappa shape index (κ1) is 45.6. The number of amides is 5. The quantitative estimate of drug-likeness (QED) is 0.145. The highest BCUT2D eigenvalue weighted by Gasteiger charge is 2.57. The van der Waals surface area contributed by atoms with Crippen LogP contribution in [0.3, 0.4) is 0 Å². The van der Waals surface area contributed by atoms with E-state index in [2.05, 4.69) is 10.6 Å². The number of primary amides is 1. The molecule has 0 radical (unpaired) electrons. The minimum absolute atomic E-state index is 0.00125. The summed E-state index contributed by atoms with van der Waals surface area (Å²) in [5, 5.41) is 16.7. The maximum atomic E-state index is 14.4. The van der Waals surface area contributed by atoms with E-state index in [1.165, 1.54) is 7.11 Å². The molecule has 0 aromatic heterocycles. The molecule has 1 aliphatic heterocycles. The number of carbonyl (C=O) groups excluding carboxylic acids is 5. The lowest BCUT2D eigenvalue weighted by Crippen LogP contribution is -2.58. The molecule has 14 heteroatoms. The van der Waals surface area contributed by atoms with Crippen LogP contribution in [0.1, 0.15) is 92.7 Å². The van der Waals surface area contributed by atoms with Gasteiger partial charge in [-0.1, -0.05) is 85.2 Å². The molecule has 1 heterocycles. The third-order valence-corrected chi connectivity index (χ3v) is 11.8. The number of ether oxygens (including phenoxy) is 3. The highest BCUT2D eigenvalue weighted by molar-refractivity contribution is 5.89. The Morgan fingerprint density at radius 3 is 2.09 bits per heavy atom. The van der Waals surface area contributed by atoms with Crippen molar-refractivity contribution < 1.29 is 43.3 Å². The van der Waals surface area contributed by atoms with Crippen molar-refractivity contribution in [3.05, 3.63) is 35.9 Å². The largest absolute Gasteiger partial charge is 0.449 e. The van der Waals surface area contributed by atoms with E-state index in [4.69, 9.17) is 19.9 Å². The lowest BCUT2D eigenvalue weighted by atomic mass is 9.89. The number of hydrogen-bond donors (Lipinski definition) is 4. The standard InChI is InChI=1S/C41H67N5O9/c1-12-24(6)35(45(9)40(51)34(23(4)5)44-39(50)29(22(2)3)21-55-41(42)52)32(53-10)20-33(47)46-30-18-28(30)19-31(46)37(54-11)25(7)38(49)43-26(8)36(48)27-16-14-13-15-17-27/h13-17,22-26,28-32,34-37,48H,12,18-21H2,1-11H3,(H2,42,52)(H,43,49)(H,44,50)/t24-,25+,26+,28-,29+,30-,31-,32+,34-,35-,36+,37+/m0/s1. The summed E-state index contributed by atoms with van der Waals surface area (Å²) in [6.07, 6.45) is -0.859. The predicted molar refractivity (Wildman–Crippen MR) is 208 cm³/mol. The fraction of sp³-hybridized carbons (Fsp3) is 0.732. The van der Waals surface area contributed by atoms with Gasteiger partial charge in [0.1, 0.15) is 12.6 Å². The average Bonchev–Trinajstić information content (AvgIpc) is 3.81. The average molecular weight is 774 g/mol. The van der Waals surface area contributed by atoms with Crippen LogP contribution in [-0.2, 0) is 33.4 Å². The number of likely N-dealkylation sites (tertiary alicyclic amines) is 1. The van der Waals surface area contributed by atoms with Crippen molar-refractivity contribution in [2.24, 2.45) is 41.2 Å². The van der Waals surface area contributed by atoms with E-state index in [0.29, 0.717) is 24.3 Å². The van der Waals surface area contributed by atoms with Crippen molar-refractivity contribution in [1.82, 2.24) is 20.4 Å². The number of likely N-dealkylation sites (N-methyl/N-ethyl adjacent to an activating group) is 1. The first-order chi connectivity index (χ1) is 25.9. The molecule has 2 fully saturated rings. The second-order valence-corrected chi connectivity index (χ2v) is 16.3. The van der Waals surface area contributed by atoms with Gasteiger partial charge in [0.05, 0.1) is 54.7 Å². The van der Waals surface area contributed by atoms with Gasteiger partial charge in [-0.05, 0) is 49.0 Å². The zero-order valence-electron chi connectivity index (χ0n) is 34.7. The number of nitrogens with two attached hydrogens (primary N) is 1. The van der Waals surface area contributed by atoms with Crippen LogP contribution >= 0.6 is 0 Å². The van der Waals surface area contributed by atoms with Gasteiger partial charge in [-0.3, -0.25) is 19.2 Å². The third kappa shape index (κ3) is 11.4. The zero-order valence-corrected chi connectivity index (χ0v) is 34.7. The normalized spacial score (nSPS) is 22.7. The van der Waals surface area contributed by atoms with Crippen LogP contribution in [0.4, 0.5) is 4.79 Å². The van der Waals surface area contributed by atoms with Crippen LogP contribution in [-0.4, -0.2) is 115 Å². The Bertz CT molecular complexity index is 1440. The Balaban J connectivity index is 1.79. The van der Waals surface area contributed by atoms with Crippen LogP contribution in [0, 0.1) is 35.5 Å². The van der Waals surface area contributed by atoms with Crippen molar-refractivity contribution in [2.75, 3.05) is 27.9 Å². The summed E-state index contributed by atoms with van der Waals surface area (Å²) >= 11 is 0. The van der Waals surface area contributed by atoms with Gasteiger partial charge in [0, 0.05) is 27.3 Å². The molecule has 0 spiro atoms. The maximum absolute atomic E-state index is 14.4. The lowest BCUT2D eigenvalue weighted by Gasteiger charge is -2.41. The number of nitrogens with one attached hydrogen (secondary N) is 2. The van der Waals surface area contributed by atoms with E-state index >= 15 is 0 Å². The molecule has 0 bridgehead atoms. The first-order valence-corrected chi connectivity index (χ1v) is 19.8. The molecule has 1 saturated heterocycles. The van der Waals surface area contributed by atoms with Gasteiger partial charge < -0.3 is 45.5 Å². The number of aliphatic hydroxyl groups excluding tert-OH is 1. The van der Waals surface area contributed by atoms with Gasteiger partial charge in [-0.25, -0.2) is 4.79 Å². The molecule has 5 amide bonds. The highest BCUT2D eigenvalue weighted by atomic mass is 16.5. The van der Waals surface area contributed by atoms with Crippen molar-refractivity contribution in [3.8, 4) is 0 Å². The number of methoxy groups -OCH3 is 2. The Hall–Kier alpha value is -3.75. The summed E-state index contributed by atoms with van der Waals surface area (Å²) in [4.78, 5) is 70.4. The highest BCUT2D eigenvalue weighted by Crippen LogP contribution is 2.50. The van der Waals surface area contributed by atoms with Gasteiger partial charge >= 0.3 is 6.09 Å². The van der Waals surface area contributed by atoms with E-state index in [1.54, 1.807) is 32.9 Å². The number of carbonyl (C=O) groups is 5. The summed E-state index contributed by atoms with van der Waals surface area (Å²) in [5.74, 6) is -2.73. The minimum Gasteiger partial charge on any atom is -0.449 e. The minimum atomic E-state index is -0.980. The van der Waals surface area contributed by atoms with Crippen LogP contribution in [0.5, 0.6) is 0 Å². The van der Waals surface area contributed by atoms with E-state index in [1.807, 2.05) is 76.8 Å². The van der Waals surface area contributed by atoms with Gasteiger partial charge in [0.25, 0.3) is 0 Å². The fourth-order valence-corrected chi connectivity index (χ4v) is 8.12. The van der Waals surface area contributed by atoms with Crippen molar-refractivity contribution in [2.45, 2.75) is 130 Å². The molecule has 1 aromatic carbocycles. The van der Waals surface area contributed by atoms with Gasteiger partial charge in [0.15, 0.2) is 0 Å². The molecule has 1 aromatic rings. The Labute approximate surface area is 327 Å². The summed E-state index contributed by atoms with van der Waals surface area (Å²) in [7, 11) is 4.77. The first-order valence-electron chi connectivity index (χ1n) is 19.8. The molecule has 1 saturated carbocycles. The zero-order chi connectivity index (χ0) is 41.3. The molecular formula is C41H67N5O9. The third-order valence-electron chi connectivity index (χ3n) is 11.8. The molecule has 55 heavy (non-hydrogen) atoms. The smallest absolute Gasteiger partial charge is 0.404 e. The Morgan fingerprint density at radius 2 is 1.56 bits per heavy atom. The lowest BCUT2D eigenvalue weighted by molar-refractivity contribution is -0.149. The number of nitrogens with zero attached hydrogens (tertiary/aromatic N) is 2. The summed E-state index contributed by atoms with van der Waals surface area (Å²) in [6.45, 7) is 14.7. The van der Waals surface area contributed by atoms with Gasteiger partial charge in [-0.2, -0.15) is 0 Å². The number of aliphatic hydroxyl groups is 1. The van der Waals surface area contributed by atoms with E-state index in [0.717, 1.165) is 6.42 Å². The number of piperidine rings is 1. The van der Waals surface area contributed by atoms with Crippen molar-refractivity contribution in [3.63, 3.8) is 0 Å². The van der Waals surface area contributed by atoms with E-state index < -0.39 is 60.3 Å². The number of rotatable bonds is 21. The van der Waals surface area contributed by atoms with Crippen molar-refractivity contribution >= 4 is 29.7 Å². The van der Waals surface area contributed by atoms with E-state index in [-0.39, 0.29) is 60.6 Å². The molecule has 12 atom stereocenters. The van der Waals surface area contributed by atoms with Crippen LogP contribution in [0.25, 0.3) is 0 Å². The SMILES string of the molecule is CC[C@H](C)[C@@H]([C@@H](CC(=O)N1[C@H]2C[C@H]2C[C@H]1[C@H](OC)[C@@H](C)C(=O)N[C@H](C)[C@@H](O)c1ccccc1)OC)N(C)C(=O)[C@@H](NC(=O)[C@H](COC(N)=O)C(C)C)C(C)C. The molecule has 310 valence electrons. The number of fused-ring (bicyclic) bond motifs is 1. The van der Waals surface area contributed by atoms with Crippen LogP contribution < -0.4 is 16.4 Å². The second-order valence-electron chi connectivity index (χ2n) is 16.3. The number of hydrogen-bond acceptors (Lipinski definition) is 9. The molecular weight excluding hydrogens is 706 g/mol. The van der Waals surface area contributed by atoms with Crippen LogP contribution in [0.15, 0.2) is 30.3 Å². The molecule has 1 aliphatic carbocycles. The summed E-state index contributed by atoms with van der Waals surface area (Å²) in [6, 6.07) is 6.88. The topological polar surface area (TPSA) is 190 Å². The molecule has 0 unspecified atom stereocenters. The van der Waals surface area contributed by atoms with Crippen LogP contribution in [0.2, 0.25) is 0 Å². The summed E-state index contributed by atoms with van der Waals surface area (Å²) in [5.41, 5.74) is 5.85. The van der Waals surface area contributed by atoms with Gasteiger partial charge in [0.2, 0.25) is 23.6 Å². The monoisotopic (exact) mass is 773 g/mol. The molecule has 3 rings (SSSR count). The Kier molecular flexibility index (Phi) is 16.9. The number of benzene rings is 1. The van der Waals surface area contributed by atoms with Crippen molar-refractivity contribution in [1.29, 1.82) is 0 Å². The molecule has 14 nitrogen and oxygen atoms in total. The fourth-order valence-electron chi connectivity index (χ4n) is 8.12. The summed E-state index contributed by atoms with van der Waals surface area (Å²) < 4.78 is 16.9.